The molecule has 0 aliphatic carbocycles. The van der Waals surface area contributed by atoms with E-state index >= 15 is 0 Å². The van der Waals surface area contributed by atoms with Crippen molar-refractivity contribution >= 4 is 28.3 Å². The minimum atomic E-state index is -0.166. The number of hydrogen-bond acceptors (Lipinski definition) is 6. The fraction of sp³-hybridized carbons (Fsp3) is 0.417. The van der Waals surface area contributed by atoms with Crippen molar-refractivity contribution in [2.24, 2.45) is 0 Å². The van der Waals surface area contributed by atoms with Gasteiger partial charge in [-0.25, -0.2) is 0 Å². The number of nitrogens with zero attached hydrogens (tertiary/aromatic N) is 2. The van der Waals surface area contributed by atoms with Gasteiger partial charge in [0.15, 0.2) is 5.78 Å². The lowest BCUT2D eigenvalue weighted by Gasteiger charge is -2.35. The maximum absolute atomic E-state index is 12.6. The highest BCUT2D eigenvalue weighted by atomic mass is 16.5. The number of ketones is 1. The predicted molar refractivity (Wildman–Crippen MR) is 117 cm³/mol. The van der Waals surface area contributed by atoms with Gasteiger partial charge in [-0.1, -0.05) is 36.4 Å². The molecule has 0 atom stereocenters. The van der Waals surface area contributed by atoms with Crippen LogP contribution >= 0.6 is 0 Å². The third kappa shape index (κ3) is 5.67. The molecule has 0 spiro atoms. The Morgan fingerprint density at radius 1 is 1.10 bits per heavy atom. The Hall–Kier alpha value is -2.72. The van der Waals surface area contributed by atoms with E-state index in [-0.39, 0.29) is 24.4 Å². The zero-order chi connectivity index (χ0) is 21.2. The van der Waals surface area contributed by atoms with Crippen LogP contribution in [0.3, 0.4) is 0 Å². The molecule has 6 heteroatoms. The third-order valence-electron chi connectivity index (χ3n) is 5.12. The lowest BCUT2D eigenvalue weighted by molar-refractivity contribution is -0.115. The number of ether oxygens (including phenoxy) is 2. The number of allylic oxidation sites excluding steroid dienone is 1. The van der Waals surface area contributed by atoms with Crippen molar-refractivity contribution in [2.45, 2.75) is 19.3 Å². The number of rotatable bonds is 12. The zero-order valence-corrected chi connectivity index (χ0v) is 17.2. The predicted octanol–water partition coefficient (Wildman–Crippen LogP) is 3.33. The van der Waals surface area contributed by atoms with Gasteiger partial charge in [0.05, 0.1) is 37.7 Å². The van der Waals surface area contributed by atoms with E-state index in [0.29, 0.717) is 32.8 Å². The first-order chi connectivity index (χ1) is 14.7. The van der Waals surface area contributed by atoms with Crippen molar-refractivity contribution in [2.75, 3.05) is 51.0 Å². The standard InChI is InChI=1S/C24H28N2O4/c25-18-21(23(28)7-3-13-29-15-16-30-14-12-27)17-20-9-8-19-5-1-2-6-22(19)24(20)26-10-4-11-26/h1-2,5-6,8-9,17,27H,3-4,7,10-16H2/b21-17+. The molecule has 1 N–H and O–H groups in total. The summed E-state index contributed by atoms with van der Waals surface area (Å²) in [5.41, 5.74) is 2.19. The summed E-state index contributed by atoms with van der Waals surface area (Å²) in [5.74, 6) is -0.166. The molecular weight excluding hydrogens is 380 g/mol. The Labute approximate surface area is 177 Å². The van der Waals surface area contributed by atoms with E-state index in [4.69, 9.17) is 14.6 Å². The molecule has 0 amide bonds. The van der Waals surface area contributed by atoms with Gasteiger partial charge in [-0.05, 0) is 29.9 Å². The van der Waals surface area contributed by atoms with Gasteiger partial charge in [0, 0.05) is 31.5 Å². The van der Waals surface area contributed by atoms with Crippen LogP contribution in [0.2, 0.25) is 0 Å². The second-order valence-electron chi connectivity index (χ2n) is 7.21. The van der Waals surface area contributed by atoms with Gasteiger partial charge in [-0.3, -0.25) is 4.79 Å². The number of anilines is 1. The number of aliphatic hydroxyl groups is 1. The molecular formula is C24H28N2O4. The summed E-state index contributed by atoms with van der Waals surface area (Å²) in [4.78, 5) is 14.9. The van der Waals surface area contributed by atoms with Gasteiger partial charge in [-0.15, -0.1) is 0 Å². The van der Waals surface area contributed by atoms with Crippen LogP contribution in [-0.2, 0) is 14.3 Å². The second-order valence-corrected chi connectivity index (χ2v) is 7.21. The minimum absolute atomic E-state index is 0.00550. The monoisotopic (exact) mass is 408 g/mol. The average molecular weight is 408 g/mol. The van der Waals surface area contributed by atoms with Crippen molar-refractivity contribution in [3.63, 3.8) is 0 Å². The summed E-state index contributed by atoms with van der Waals surface area (Å²) in [7, 11) is 0. The summed E-state index contributed by atoms with van der Waals surface area (Å²) in [6.07, 6.45) is 3.70. The lowest BCUT2D eigenvalue weighted by Crippen LogP contribution is -2.37. The minimum Gasteiger partial charge on any atom is -0.394 e. The summed E-state index contributed by atoms with van der Waals surface area (Å²) in [6.45, 7) is 3.54. The molecule has 1 fully saturated rings. The Morgan fingerprint density at radius 3 is 2.57 bits per heavy atom. The van der Waals surface area contributed by atoms with Crippen LogP contribution < -0.4 is 4.90 Å². The topological polar surface area (TPSA) is 82.8 Å². The number of aliphatic hydroxyl groups excluding tert-OH is 1. The molecule has 2 aromatic rings. The summed E-state index contributed by atoms with van der Waals surface area (Å²) >= 11 is 0. The lowest BCUT2D eigenvalue weighted by atomic mass is 9.97. The summed E-state index contributed by atoms with van der Waals surface area (Å²) in [5, 5.41) is 20.5. The van der Waals surface area contributed by atoms with Crippen LogP contribution in [0, 0.1) is 11.3 Å². The fourth-order valence-electron chi connectivity index (χ4n) is 3.47. The van der Waals surface area contributed by atoms with E-state index in [2.05, 4.69) is 23.1 Å². The molecule has 3 rings (SSSR count). The molecule has 0 bridgehead atoms. The van der Waals surface area contributed by atoms with Gasteiger partial charge >= 0.3 is 0 Å². The van der Waals surface area contributed by atoms with Gasteiger partial charge in [0.25, 0.3) is 0 Å². The van der Waals surface area contributed by atoms with Crippen molar-refractivity contribution in [3.8, 4) is 6.07 Å². The van der Waals surface area contributed by atoms with Crippen LogP contribution in [0.15, 0.2) is 42.0 Å². The Bertz CT molecular complexity index is 928. The number of fused-ring (bicyclic) bond motifs is 1. The summed E-state index contributed by atoms with van der Waals surface area (Å²) in [6, 6.07) is 14.3. The second kappa shape index (κ2) is 11.5. The van der Waals surface area contributed by atoms with Crippen molar-refractivity contribution in [1.82, 2.24) is 0 Å². The van der Waals surface area contributed by atoms with Crippen molar-refractivity contribution in [1.29, 1.82) is 5.26 Å². The van der Waals surface area contributed by atoms with Crippen molar-refractivity contribution in [3.05, 3.63) is 47.5 Å². The van der Waals surface area contributed by atoms with E-state index in [0.717, 1.165) is 41.5 Å². The number of hydrogen-bond donors (Lipinski definition) is 1. The van der Waals surface area contributed by atoms with Crippen LogP contribution in [0.25, 0.3) is 16.8 Å². The van der Waals surface area contributed by atoms with Crippen LogP contribution in [0.4, 0.5) is 5.69 Å². The molecule has 0 aromatic heterocycles. The Morgan fingerprint density at radius 2 is 1.87 bits per heavy atom. The van der Waals surface area contributed by atoms with Gasteiger partial charge in [0.2, 0.25) is 0 Å². The molecule has 158 valence electrons. The first kappa shape index (κ1) is 22.0. The highest BCUT2D eigenvalue weighted by molar-refractivity contribution is 6.06. The maximum atomic E-state index is 12.6. The highest BCUT2D eigenvalue weighted by Crippen LogP contribution is 2.35. The smallest absolute Gasteiger partial charge is 0.173 e. The molecule has 6 nitrogen and oxygen atoms in total. The quantitative estimate of drug-likeness (QED) is 0.330. The van der Waals surface area contributed by atoms with Crippen molar-refractivity contribution < 1.29 is 19.4 Å². The third-order valence-corrected chi connectivity index (χ3v) is 5.12. The number of carbonyl (C=O) groups is 1. The number of nitriles is 1. The average Bonchev–Trinajstić information content (AvgIpc) is 2.73. The largest absolute Gasteiger partial charge is 0.394 e. The van der Waals surface area contributed by atoms with Crippen LogP contribution in [-0.4, -0.2) is 57.0 Å². The maximum Gasteiger partial charge on any atom is 0.173 e. The summed E-state index contributed by atoms with van der Waals surface area (Å²) < 4.78 is 10.5. The van der Waals surface area contributed by atoms with E-state index in [1.54, 1.807) is 6.08 Å². The Kier molecular flexibility index (Phi) is 8.40. The van der Waals surface area contributed by atoms with E-state index in [1.165, 1.54) is 0 Å². The van der Waals surface area contributed by atoms with E-state index in [9.17, 15) is 10.1 Å². The number of benzene rings is 2. The normalized spacial score (nSPS) is 13.9. The molecule has 1 aliphatic heterocycles. The van der Waals surface area contributed by atoms with Gasteiger partial charge < -0.3 is 19.5 Å². The van der Waals surface area contributed by atoms with Gasteiger partial charge in [-0.2, -0.15) is 5.26 Å². The molecule has 0 unspecified atom stereocenters. The zero-order valence-electron chi connectivity index (χ0n) is 17.2. The SMILES string of the molecule is N#C/C(=C\c1ccc2ccccc2c1N1CCC1)C(=O)CCCOCCOCCO. The molecule has 30 heavy (non-hydrogen) atoms. The molecule has 2 aromatic carbocycles. The fourth-order valence-corrected chi connectivity index (χ4v) is 3.47. The molecule has 1 aliphatic rings. The first-order valence-electron chi connectivity index (χ1n) is 10.4. The molecule has 0 saturated carbocycles. The first-order valence-corrected chi connectivity index (χ1v) is 10.4. The molecule has 1 saturated heterocycles. The molecule has 1 heterocycles. The highest BCUT2D eigenvalue weighted by Gasteiger charge is 2.20. The van der Waals surface area contributed by atoms with Crippen LogP contribution in [0.5, 0.6) is 0 Å². The van der Waals surface area contributed by atoms with Crippen LogP contribution in [0.1, 0.15) is 24.8 Å². The van der Waals surface area contributed by atoms with E-state index < -0.39 is 0 Å². The number of carbonyl (C=O) groups excluding carboxylic acids is 1. The Balaban J connectivity index is 1.65. The van der Waals surface area contributed by atoms with E-state index in [1.807, 2.05) is 24.3 Å². The molecule has 0 radical (unpaired) electrons. The van der Waals surface area contributed by atoms with Gasteiger partial charge in [0.1, 0.15) is 6.07 Å². The number of Topliss-reactive ketones (excluding diaryl/α,β-unsaturated/α-hetero) is 1.